The van der Waals surface area contributed by atoms with Gasteiger partial charge in [-0.25, -0.2) is 9.47 Å². The van der Waals surface area contributed by atoms with Crippen LogP contribution in [0.25, 0.3) is 0 Å². The van der Waals surface area contributed by atoms with E-state index in [2.05, 4.69) is 9.47 Å². The highest BCUT2D eigenvalue weighted by Crippen LogP contribution is 2.53. The van der Waals surface area contributed by atoms with Gasteiger partial charge < -0.3 is 5.11 Å². The number of rotatable bonds is 7. The molecule has 0 amide bonds. The predicted octanol–water partition coefficient (Wildman–Crippen LogP) is 3.97. The molecule has 0 aromatic carbocycles. The van der Waals surface area contributed by atoms with Crippen LogP contribution in [0, 0.1) is 5.41 Å². The van der Waals surface area contributed by atoms with Crippen molar-refractivity contribution in [2.45, 2.75) is 44.5 Å². The van der Waals surface area contributed by atoms with Gasteiger partial charge in [-0.05, 0) is 13.8 Å². The number of halogens is 11. The number of hydrogen-bond acceptors (Lipinski definition) is 3. The van der Waals surface area contributed by atoms with E-state index in [0.29, 0.717) is 0 Å². The molecule has 23 heavy (non-hydrogen) atoms. The summed E-state index contributed by atoms with van der Waals surface area (Å²) in [5.41, 5.74) is -4.38. The van der Waals surface area contributed by atoms with Crippen molar-refractivity contribution in [2.24, 2.45) is 5.41 Å². The normalized spacial score (nSPS) is 15.9. The maximum absolute atomic E-state index is 13.2. The summed E-state index contributed by atoms with van der Waals surface area (Å²) in [6, 6.07) is 0. The molecule has 0 bridgehead atoms. The molecule has 3 nitrogen and oxygen atoms in total. The Morgan fingerprint density at radius 3 is 1.30 bits per heavy atom. The molecule has 0 rings (SSSR count). The Kier molecular flexibility index (Phi) is 5.65. The van der Waals surface area contributed by atoms with Crippen LogP contribution >= 0.6 is 0 Å². The summed E-state index contributed by atoms with van der Waals surface area (Å²) < 4.78 is 144. The van der Waals surface area contributed by atoms with Crippen LogP contribution in [0.15, 0.2) is 0 Å². The van der Waals surface area contributed by atoms with Crippen molar-refractivity contribution in [3.63, 3.8) is 0 Å². The zero-order valence-electron chi connectivity index (χ0n) is 11.1. The van der Waals surface area contributed by atoms with Crippen molar-refractivity contribution < 1.29 is 62.9 Å². The molecule has 0 heterocycles. The van der Waals surface area contributed by atoms with Gasteiger partial charge in [0.25, 0.3) is 0 Å². The molecule has 14 heteroatoms. The van der Waals surface area contributed by atoms with E-state index in [9.17, 15) is 48.3 Å². The average molecular weight is 374 g/mol. The lowest BCUT2D eigenvalue weighted by molar-refractivity contribution is -0.531. The molecule has 0 unspecified atom stereocenters. The van der Waals surface area contributed by atoms with E-state index in [1.54, 1.807) is 0 Å². The topological polar surface area (TPSA) is 38.7 Å². The van der Waals surface area contributed by atoms with Crippen LogP contribution in [0.1, 0.15) is 13.8 Å². The lowest BCUT2D eigenvalue weighted by Crippen LogP contribution is -2.57. The van der Waals surface area contributed by atoms with Gasteiger partial charge in [-0.3, -0.25) is 0 Å². The van der Waals surface area contributed by atoms with Gasteiger partial charge in [0.05, 0.1) is 0 Å². The van der Waals surface area contributed by atoms with Crippen molar-refractivity contribution in [1.29, 1.82) is 0 Å². The number of aliphatic hydroxyl groups excluding tert-OH is 1. The number of alkyl halides is 11. The SMILES string of the molecule is CC(C)(C(F)(F)F)C(F)(F)OC(F)(F)C(F)(F)OC(F)(F)CO. The van der Waals surface area contributed by atoms with Crippen molar-refractivity contribution in [1.82, 2.24) is 0 Å². The average Bonchev–Trinajstić information content (AvgIpc) is 2.24. The molecule has 0 aromatic rings. The third-order valence-electron chi connectivity index (χ3n) is 2.49. The second-order valence-corrected chi connectivity index (χ2v) is 4.67. The number of hydrogen-bond donors (Lipinski definition) is 1. The predicted molar refractivity (Wildman–Crippen MR) is 48.9 cm³/mol. The zero-order valence-corrected chi connectivity index (χ0v) is 11.1. The molecule has 0 spiro atoms. The molecule has 0 saturated carbocycles. The minimum absolute atomic E-state index is 0.343. The van der Waals surface area contributed by atoms with Crippen LogP contribution in [0.3, 0.4) is 0 Å². The Morgan fingerprint density at radius 2 is 1.00 bits per heavy atom. The summed E-state index contributed by atoms with van der Waals surface area (Å²) >= 11 is 0. The molecule has 0 fully saturated rings. The number of aliphatic hydroxyl groups is 1. The quantitative estimate of drug-likeness (QED) is 0.686. The van der Waals surface area contributed by atoms with E-state index in [1.807, 2.05) is 0 Å². The Labute approximate surface area is 121 Å². The van der Waals surface area contributed by atoms with Gasteiger partial charge in [0.1, 0.15) is 6.61 Å². The fraction of sp³-hybridized carbons (Fsp3) is 1.00. The zero-order chi connectivity index (χ0) is 19.1. The molecular weight excluding hydrogens is 365 g/mol. The highest BCUT2D eigenvalue weighted by molar-refractivity contribution is 4.87. The van der Waals surface area contributed by atoms with E-state index >= 15 is 0 Å². The van der Waals surface area contributed by atoms with Crippen LogP contribution in [0.4, 0.5) is 48.3 Å². The Balaban J connectivity index is 5.54. The molecule has 0 radical (unpaired) electrons. The molecule has 140 valence electrons. The minimum Gasteiger partial charge on any atom is -0.387 e. The van der Waals surface area contributed by atoms with Gasteiger partial charge in [-0.2, -0.15) is 48.3 Å². The van der Waals surface area contributed by atoms with Crippen LogP contribution in [0.5, 0.6) is 0 Å². The highest BCUT2D eigenvalue weighted by Gasteiger charge is 2.73. The Morgan fingerprint density at radius 1 is 0.652 bits per heavy atom. The molecule has 0 aliphatic carbocycles. The Bertz CT molecular complexity index is 415. The van der Waals surface area contributed by atoms with E-state index in [4.69, 9.17) is 5.11 Å². The number of ether oxygens (including phenoxy) is 2. The maximum Gasteiger partial charge on any atom is 0.453 e. The fourth-order valence-electron chi connectivity index (χ4n) is 0.792. The van der Waals surface area contributed by atoms with E-state index in [0.717, 1.165) is 0 Å². The minimum atomic E-state index is -6.59. The lowest BCUT2D eigenvalue weighted by atomic mass is 9.91. The first kappa shape index (κ1) is 22.1. The molecule has 1 N–H and O–H groups in total. The summed E-state index contributed by atoms with van der Waals surface area (Å²) in [4.78, 5) is 0. The first-order valence-electron chi connectivity index (χ1n) is 5.32. The summed E-state index contributed by atoms with van der Waals surface area (Å²) in [7, 11) is 0. The van der Waals surface area contributed by atoms with Crippen molar-refractivity contribution in [3.05, 3.63) is 0 Å². The summed E-state index contributed by atoms with van der Waals surface area (Å²) in [6.45, 7) is -3.22. The second kappa shape index (κ2) is 5.88. The van der Waals surface area contributed by atoms with Gasteiger partial charge in [0.15, 0.2) is 5.41 Å². The lowest BCUT2D eigenvalue weighted by Gasteiger charge is -2.38. The first-order valence-corrected chi connectivity index (χ1v) is 5.32. The molecule has 0 aliphatic rings. The smallest absolute Gasteiger partial charge is 0.387 e. The molecule has 0 aliphatic heterocycles. The van der Waals surface area contributed by atoms with Gasteiger partial charge in [-0.1, -0.05) is 0 Å². The second-order valence-electron chi connectivity index (χ2n) is 4.67. The van der Waals surface area contributed by atoms with E-state index in [1.165, 1.54) is 0 Å². The summed E-state index contributed by atoms with van der Waals surface area (Å²) in [5.74, 6) is 0. The van der Waals surface area contributed by atoms with Crippen LogP contribution in [-0.2, 0) is 9.47 Å². The van der Waals surface area contributed by atoms with Gasteiger partial charge >= 0.3 is 30.6 Å². The van der Waals surface area contributed by atoms with Crippen LogP contribution < -0.4 is 0 Å². The summed E-state index contributed by atoms with van der Waals surface area (Å²) in [6.07, 6.45) is -30.2. The van der Waals surface area contributed by atoms with Gasteiger partial charge in [-0.15, -0.1) is 0 Å². The van der Waals surface area contributed by atoms with E-state index in [-0.39, 0.29) is 13.8 Å². The first-order chi connectivity index (χ1) is 9.72. The van der Waals surface area contributed by atoms with E-state index < -0.39 is 42.6 Å². The third kappa shape index (κ3) is 4.56. The van der Waals surface area contributed by atoms with Crippen molar-refractivity contribution >= 4 is 0 Å². The standard InChI is InChI=1S/C9H9F11O3/c1-4(2,6(12,13)14)7(15,16)23-9(19,20)8(17,18)22-5(10,11)3-21/h21H,3H2,1-2H3. The summed E-state index contributed by atoms with van der Waals surface area (Å²) in [5, 5.41) is 7.90. The third-order valence-corrected chi connectivity index (χ3v) is 2.49. The van der Waals surface area contributed by atoms with Crippen LogP contribution in [-0.4, -0.2) is 42.3 Å². The maximum atomic E-state index is 13.2. The van der Waals surface area contributed by atoms with Crippen molar-refractivity contribution in [3.8, 4) is 0 Å². The molecule has 0 atom stereocenters. The van der Waals surface area contributed by atoms with Gasteiger partial charge in [0, 0.05) is 0 Å². The Hall–Kier alpha value is -0.890. The largest absolute Gasteiger partial charge is 0.453 e. The fourth-order valence-corrected chi connectivity index (χ4v) is 0.792. The van der Waals surface area contributed by atoms with Crippen LogP contribution in [0.2, 0.25) is 0 Å². The molecule has 0 saturated heterocycles. The van der Waals surface area contributed by atoms with Gasteiger partial charge in [0.2, 0.25) is 0 Å². The monoisotopic (exact) mass is 374 g/mol. The molecule has 0 aromatic heterocycles. The molecular formula is C9H9F11O3. The highest BCUT2D eigenvalue weighted by atomic mass is 19.4. The van der Waals surface area contributed by atoms with Crippen molar-refractivity contribution in [2.75, 3.05) is 6.61 Å².